The second-order valence-corrected chi connectivity index (χ2v) is 7.65. The molecule has 0 unspecified atom stereocenters. The van der Waals surface area contributed by atoms with Gasteiger partial charge in [-0.25, -0.2) is 0 Å². The van der Waals surface area contributed by atoms with E-state index in [9.17, 15) is 9.59 Å². The van der Waals surface area contributed by atoms with Gasteiger partial charge in [0.25, 0.3) is 0 Å². The highest BCUT2D eigenvalue weighted by Gasteiger charge is 2.47. The number of aromatic nitrogens is 1. The molecule has 0 amide bonds. The lowest BCUT2D eigenvalue weighted by atomic mass is 9.72. The van der Waals surface area contributed by atoms with Crippen molar-refractivity contribution in [3.8, 4) is 0 Å². The molecule has 28 heavy (non-hydrogen) atoms. The fraction of sp³-hybridized carbons (Fsp3) is 0.455. The first kappa shape index (κ1) is 18.7. The Bertz CT molecular complexity index is 902. The maximum atomic E-state index is 12.4. The fourth-order valence-electron chi connectivity index (χ4n) is 5.03. The van der Waals surface area contributed by atoms with Gasteiger partial charge in [0.05, 0.1) is 20.3 Å². The second kappa shape index (κ2) is 7.43. The third kappa shape index (κ3) is 2.92. The Kier molecular flexibility index (Phi) is 4.98. The molecule has 2 aromatic rings. The van der Waals surface area contributed by atoms with E-state index in [-0.39, 0.29) is 17.9 Å². The highest BCUT2D eigenvalue weighted by Crippen LogP contribution is 2.45. The number of carbonyl (C=O) groups is 2. The van der Waals surface area contributed by atoms with Crippen LogP contribution in [0.5, 0.6) is 0 Å². The van der Waals surface area contributed by atoms with E-state index in [1.165, 1.54) is 30.9 Å². The number of aromatic amines is 1. The van der Waals surface area contributed by atoms with Crippen LogP contribution in [0.1, 0.15) is 23.7 Å². The largest absolute Gasteiger partial charge is 0.468 e. The van der Waals surface area contributed by atoms with E-state index in [0.29, 0.717) is 6.42 Å². The molecule has 3 heterocycles. The molecule has 6 heteroatoms. The van der Waals surface area contributed by atoms with Crippen molar-refractivity contribution in [3.05, 3.63) is 48.2 Å². The van der Waals surface area contributed by atoms with Crippen LogP contribution in [0.4, 0.5) is 0 Å². The van der Waals surface area contributed by atoms with Crippen LogP contribution in [-0.2, 0) is 25.5 Å². The molecule has 0 aliphatic carbocycles. The van der Waals surface area contributed by atoms with Gasteiger partial charge in [0, 0.05) is 29.7 Å². The van der Waals surface area contributed by atoms with Crippen molar-refractivity contribution in [3.63, 3.8) is 0 Å². The number of methoxy groups -OCH3 is 2. The molecule has 4 rings (SSSR count). The summed E-state index contributed by atoms with van der Waals surface area (Å²) in [5.41, 5.74) is 3.68. The number of H-pyrrole nitrogens is 1. The van der Waals surface area contributed by atoms with E-state index in [2.05, 4.69) is 34.7 Å². The summed E-state index contributed by atoms with van der Waals surface area (Å²) in [6.45, 7) is 5.68. The Morgan fingerprint density at radius 2 is 1.96 bits per heavy atom. The Morgan fingerprint density at radius 1 is 1.25 bits per heavy atom. The molecule has 1 aromatic heterocycles. The van der Waals surface area contributed by atoms with Crippen LogP contribution in [0.3, 0.4) is 0 Å². The van der Waals surface area contributed by atoms with E-state index in [4.69, 9.17) is 9.47 Å². The van der Waals surface area contributed by atoms with Crippen molar-refractivity contribution >= 4 is 22.8 Å². The van der Waals surface area contributed by atoms with Gasteiger partial charge in [0.2, 0.25) is 0 Å². The number of para-hydroxylation sites is 1. The van der Waals surface area contributed by atoms with Gasteiger partial charge in [-0.05, 0) is 36.3 Å². The molecule has 3 atom stereocenters. The Labute approximate surface area is 164 Å². The Hall–Kier alpha value is -2.60. The van der Waals surface area contributed by atoms with Crippen LogP contribution in [0.25, 0.3) is 10.9 Å². The van der Waals surface area contributed by atoms with Crippen LogP contribution in [0, 0.1) is 17.8 Å². The second-order valence-electron chi connectivity index (χ2n) is 7.65. The molecule has 1 N–H and O–H groups in total. The average Bonchev–Trinajstić information content (AvgIpc) is 3.12. The van der Waals surface area contributed by atoms with E-state index < -0.39 is 17.9 Å². The van der Waals surface area contributed by atoms with E-state index >= 15 is 0 Å². The molecule has 0 radical (unpaired) electrons. The number of esters is 2. The molecular formula is C22H26N2O4. The molecule has 0 spiro atoms. The summed E-state index contributed by atoms with van der Waals surface area (Å²) >= 11 is 0. The van der Waals surface area contributed by atoms with Gasteiger partial charge in [0.1, 0.15) is 0 Å². The van der Waals surface area contributed by atoms with Gasteiger partial charge >= 0.3 is 11.9 Å². The molecule has 0 bridgehead atoms. The molecule has 1 saturated heterocycles. The van der Waals surface area contributed by atoms with Crippen molar-refractivity contribution in [2.75, 3.05) is 27.3 Å². The minimum Gasteiger partial charge on any atom is -0.468 e. The summed E-state index contributed by atoms with van der Waals surface area (Å²) < 4.78 is 9.88. The summed E-state index contributed by atoms with van der Waals surface area (Å²) in [7, 11) is 2.62. The topological polar surface area (TPSA) is 71.6 Å². The number of fused-ring (bicyclic) bond motifs is 5. The summed E-state index contributed by atoms with van der Waals surface area (Å²) in [5, 5.41) is 1.26. The summed E-state index contributed by atoms with van der Waals surface area (Å²) in [4.78, 5) is 30.9. The van der Waals surface area contributed by atoms with Gasteiger partial charge in [-0.2, -0.15) is 0 Å². The Morgan fingerprint density at radius 3 is 2.64 bits per heavy atom. The van der Waals surface area contributed by atoms with Gasteiger partial charge in [0.15, 0.2) is 5.92 Å². The maximum absolute atomic E-state index is 12.4. The SMILES string of the molecule is C=C[C@H]1CN2CCc3c([nH]c4ccccc34)[C@H]2C[C@@H]1C(C(=O)OC)C(=O)OC. The number of hydrogen-bond donors (Lipinski definition) is 1. The van der Waals surface area contributed by atoms with Crippen LogP contribution in [0.15, 0.2) is 36.9 Å². The Balaban J connectivity index is 1.73. The molecule has 2 aliphatic heterocycles. The maximum Gasteiger partial charge on any atom is 0.320 e. The average molecular weight is 382 g/mol. The van der Waals surface area contributed by atoms with Crippen molar-refractivity contribution in [1.82, 2.24) is 9.88 Å². The fourth-order valence-corrected chi connectivity index (χ4v) is 5.03. The van der Waals surface area contributed by atoms with Crippen LogP contribution in [0.2, 0.25) is 0 Å². The van der Waals surface area contributed by atoms with E-state index in [1.807, 2.05) is 12.1 Å². The number of nitrogens with one attached hydrogen (secondary N) is 1. The lowest BCUT2D eigenvalue weighted by molar-refractivity contribution is -0.164. The minimum atomic E-state index is -0.935. The normalized spacial score (nSPS) is 24.5. The van der Waals surface area contributed by atoms with Gasteiger partial charge in [-0.3, -0.25) is 14.5 Å². The molecule has 0 saturated carbocycles. The standard InChI is InChI=1S/C22H26N2O4/c1-4-13-12-24-10-9-15-14-7-5-6-8-17(14)23-20(15)18(24)11-16(13)19(21(25)27-2)22(26)28-3/h4-8,13,16,18-19,23H,1,9-12H2,2-3H3/t13-,16-,18+/m0/s1. The molecule has 148 valence electrons. The molecule has 1 fully saturated rings. The third-order valence-corrected chi connectivity index (χ3v) is 6.40. The highest BCUT2D eigenvalue weighted by molar-refractivity contribution is 5.95. The zero-order valence-electron chi connectivity index (χ0n) is 16.3. The third-order valence-electron chi connectivity index (χ3n) is 6.40. The van der Waals surface area contributed by atoms with Gasteiger partial charge in [-0.1, -0.05) is 24.3 Å². The number of nitrogens with zero attached hydrogens (tertiary/aromatic N) is 1. The van der Waals surface area contributed by atoms with Crippen molar-refractivity contribution in [2.24, 2.45) is 17.8 Å². The number of rotatable bonds is 4. The number of hydrogen-bond acceptors (Lipinski definition) is 5. The van der Waals surface area contributed by atoms with E-state index in [0.717, 1.165) is 25.0 Å². The highest BCUT2D eigenvalue weighted by atomic mass is 16.5. The van der Waals surface area contributed by atoms with Gasteiger partial charge < -0.3 is 14.5 Å². The van der Waals surface area contributed by atoms with Crippen molar-refractivity contribution < 1.29 is 19.1 Å². The lowest BCUT2D eigenvalue weighted by Gasteiger charge is -2.46. The smallest absolute Gasteiger partial charge is 0.320 e. The first-order valence-electron chi connectivity index (χ1n) is 9.70. The van der Waals surface area contributed by atoms with Crippen LogP contribution in [-0.4, -0.2) is 49.1 Å². The number of benzene rings is 1. The monoisotopic (exact) mass is 382 g/mol. The predicted octanol–water partition coefficient (Wildman–Crippen LogP) is 2.85. The number of piperidine rings is 1. The minimum absolute atomic E-state index is 0.0189. The molecule has 2 aliphatic rings. The lowest BCUT2D eigenvalue weighted by Crippen LogP contribution is -2.49. The summed E-state index contributed by atoms with van der Waals surface area (Å²) in [6.07, 6.45) is 3.52. The zero-order chi connectivity index (χ0) is 19.8. The van der Waals surface area contributed by atoms with Crippen LogP contribution < -0.4 is 0 Å². The van der Waals surface area contributed by atoms with Crippen molar-refractivity contribution in [1.29, 1.82) is 0 Å². The summed E-state index contributed by atoms with van der Waals surface area (Å²) in [6, 6.07) is 8.47. The first-order chi connectivity index (χ1) is 13.6. The zero-order valence-corrected chi connectivity index (χ0v) is 16.3. The van der Waals surface area contributed by atoms with E-state index in [1.54, 1.807) is 0 Å². The molecular weight excluding hydrogens is 356 g/mol. The number of ether oxygens (including phenoxy) is 2. The van der Waals surface area contributed by atoms with Crippen molar-refractivity contribution in [2.45, 2.75) is 18.9 Å². The van der Waals surface area contributed by atoms with Gasteiger partial charge in [-0.15, -0.1) is 6.58 Å². The quantitative estimate of drug-likeness (QED) is 0.500. The summed E-state index contributed by atoms with van der Waals surface area (Å²) in [5.74, 6) is -2.20. The predicted molar refractivity (Wildman–Crippen MR) is 106 cm³/mol. The van der Waals surface area contributed by atoms with Crippen LogP contribution >= 0.6 is 0 Å². The molecule has 6 nitrogen and oxygen atoms in total. The molecule has 1 aromatic carbocycles. The number of carbonyl (C=O) groups excluding carboxylic acids is 2. The first-order valence-corrected chi connectivity index (χ1v) is 9.70.